The minimum atomic E-state index is -0.138. The summed E-state index contributed by atoms with van der Waals surface area (Å²) in [5.74, 6) is 1.93. The highest BCUT2D eigenvalue weighted by Gasteiger charge is 2.74. The highest BCUT2D eigenvalue weighted by atomic mass is 16.5. The van der Waals surface area contributed by atoms with Crippen molar-refractivity contribution in [2.24, 2.45) is 11.3 Å². The molecule has 2 nitrogen and oxygen atoms in total. The second-order valence-electron chi connectivity index (χ2n) is 6.98. The SMILES string of the molecule is C[C@]12CC[C@H](C1)[C@@]1(C)Oc3cccc(O)c3[C@@]21C. The van der Waals surface area contributed by atoms with E-state index in [0.29, 0.717) is 11.7 Å². The van der Waals surface area contributed by atoms with Crippen molar-refractivity contribution < 1.29 is 9.84 Å². The Balaban J connectivity index is 2.05. The maximum atomic E-state index is 10.3. The molecule has 4 rings (SSSR count). The summed E-state index contributed by atoms with van der Waals surface area (Å²) in [5.41, 5.74) is 1.12. The van der Waals surface area contributed by atoms with E-state index in [9.17, 15) is 5.11 Å². The molecule has 1 aliphatic heterocycles. The molecule has 1 heterocycles. The molecule has 2 bridgehead atoms. The molecule has 0 radical (unpaired) electrons. The summed E-state index contributed by atoms with van der Waals surface area (Å²) < 4.78 is 6.34. The first-order valence-corrected chi connectivity index (χ1v) is 6.94. The third-order valence-corrected chi connectivity index (χ3v) is 6.55. The van der Waals surface area contributed by atoms with Gasteiger partial charge in [0.25, 0.3) is 0 Å². The Labute approximate surface area is 108 Å². The number of hydrogen-bond acceptors (Lipinski definition) is 2. The number of rotatable bonds is 0. The van der Waals surface area contributed by atoms with Gasteiger partial charge in [0.2, 0.25) is 0 Å². The van der Waals surface area contributed by atoms with Crippen LogP contribution < -0.4 is 4.74 Å². The van der Waals surface area contributed by atoms with Crippen LogP contribution in [-0.2, 0) is 5.41 Å². The monoisotopic (exact) mass is 244 g/mol. The quantitative estimate of drug-likeness (QED) is 0.755. The van der Waals surface area contributed by atoms with Crippen LogP contribution in [0.5, 0.6) is 11.5 Å². The number of ether oxygens (including phenoxy) is 1. The fourth-order valence-corrected chi connectivity index (χ4v) is 5.24. The Kier molecular flexibility index (Phi) is 1.61. The van der Waals surface area contributed by atoms with E-state index in [1.165, 1.54) is 19.3 Å². The number of hydrogen-bond donors (Lipinski definition) is 1. The van der Waals surface area contributed by atoms with E-state index in [1.807, 2.05) is 12.1 Å². The Morgan fingerprint density at radius 1 is 1.28 bits per heavy atom. The zero-order chi connectivity index (χ0) is 12.8. The molecule has 2 heteroatoms. The van der Waals surface area contributed by atoms with E-state index in [1.54, 1.807) is 6.07 Å². The first kappa shape index (κ1) is 10.7. The number of fused-ring (bicyclic) bond motifs is 7. The highest BCUT2D eigenvalue weighted by Crippen LogP contribution is 2.74. The predicted molar refractivity (Wildman–Crippen MR) is 69.9 cm³/mol. The van der Waals surface area contributed by atoms with Gasteiger partial charge in [0.05, 0.1) is 0 Å². The van der Waals surface area contributed by atoms with Crippen LogP contribution >= 0.6 is 0 Å². The predicted octanol–water partition coefficient (Wildman–Crippen LogP) is 3.62. The van der Waals surface area contributed by atoms with Gasteiger partial charge in [-0.15, -0.1) is 0 Å². The van der Waals surface area contributed by atoms with Crippen molar-refractivity contribution in [1.29, 1.82) is 0 Å². The molecule has 0 amide bonds. The lowest BCUT2D eigenvalue weighted by molar-refractivity contribution is -0.0264. The lowest BCUT2D eigenvalue weighted by Crippen LogP contribution is -2.54. The van der Waals surface area contributed by atoms with Crippen molar-refractivity contribution in [2.75, 3.05) is 0 Å². The van der Waals surface area contributed by atoms with Crippen LogP contribution in [-0.4, -0.2) is 10.7 Å². The molecule has 1 N–H and O–H groups in total. The summed E-state index contributed by atoms with van der Waals surface area (Å²) in [5, 5.41) is 10.3. The average Bonchev–Trinajstić information content (AvgIpc) is 2.85. The molecule has 2 saturated carbocycles. The molecular formula is C16H20O2. The van der Waals surface area contributed by atoms with Gasteiger partial charge in [0.1, 0.15) is 17.1 Å². The zero-order valence-electron chi connectivity index (χ0n) is 11.3. The summed E-state index contributed by atoms with van der Waals surface area (Å²) in [6.45, 7) is 6.93. The minimum Gasteiger partial charge on any atom is -0.508 e. The van der Waals surface area contributed by atoms with Crippen LogP contribution in [0, 0.1) is 11.3 Å². The van der Waals surface area contributed by atoms with Gasteiger partial charge in [-0.2, -0.15) is 0 Å². The minimum absolute atomic E-state index is 0.0520. The molecule has 2 aliphatic carbocycles. The third-order valence-electron chi connectivity index (χ3n) is 6.55. The van der Waals surface area contributed by atoms with E-state index in [-0.39, 0.29) is 16.4 Å². The zero-order valence-corrected chi connectivity index (χ0v) is 11.3. The summed E-state index contributed by atoms with van der Waals surface area (Å²) in [4.78, 5) is 0. The van der Waals surface area contributed by atoms with Crippen LogP contribution in [0.4, 0.5) is 0 Å². The van der Waals surface area contributed by atoms with Gasteiger partial charge in [0, 0.05) is 11.0 Å². The van der Waals surface area contributed by atoms with Gasteiger partial charge >= 0.3 is 0 Å². The molecule has 0 spiro atoms. The normalized spacial score (nSPS) is 47.8. The highest BCUT2D eigenvalue weighted by molar-refractivity contribution is 5.58. The fourth-order valence-electron chi connectivity index (χ4n) is 5.24. The van der Waals surface area contributed by atoms with Crippen molar-refractivity contribution in [3.63, 3.8) is 0 Å². The second kappa shape index (κ2) is 2.71. The largest absolute Gasteiger partial charge is 0.508 e. The maximum Gasteiger partial charge on any atom is 0.127 e. The van der Waals surface area contributed by atoms with Gasteiger partial charge in [-0.25, -0.2) is 0 Å². The molecule has 18 heavy (non-hydrogen) atoms. The Hall–Kier alpha value is -1.18. The Bertz CT molecular complexity index is 552. The molecule has 0 saturated heterocycles. The molecular weight excluding hydrogens is 224 g/mol. The molecule has 96 valence electrons. The van der Waals surface area contributed by atoms with Crippen LogP contribution in [0.2, 0.25) is 0 Å². The van der Waals surface area contributed by atoms with E-state index in [2.05, 4.69) is 20.8 Å². The average molecular weight is 244 g/mol. The van der Waals surface area contributed by atoms with Crippen molar-refractivity contribution in [1.82, 2.24) is 0 Å². The van der Waals surface area contributed by atoms with E-state index in [4.69, 9.17) is 4.74 Å². The van der Waals surface area contributed by atoms with Crippen LogP contribution in [0.25, 0.3) is 0 Å². The standard InChI is InChI=1S/C16H20O2/c1-14-8-7-10(9-14)16(3)15(14,2)13-11(17)5-4-6-12(13)18-16/h4-6,10,17H,7-9H2,1-3H3/t10-,14+,15+,16-/m1/s1. The van der Waals surface area contributed by atoms with E-state index >= 15 is 0 Å². The summed E-state index contributed by atoms with van der Waals surface area (Å²) in [6.07, 6.45) is 3.74. The molecule has 1 aromatic rings. The Morgan fingerprint density at radius 3 is 2.83 bits per heavy atom. The van der Waals surface area contributed by atoms with Crippen LogP contribution in [0.1, 0.15) is 45.6 Å². The lowest BCUT2D eigenvalue weighted by atomic mass is 9.56. The summed E-state index contributed by atoms with van der Waals surface area (Å²) in [6, 6.07) is 5.69. The summed E-state index contributed by atoms with van der Waals surface area (Å²) in [7, 11) is 0. The smallest absolute Gasteiger partial charge is 0.127 e. The van der Waals surface area contributed by atoms with Crippen molar-refractivity contribution >= 4 is 0 Å². The third kappa shape index (κ3) is 0.818. The van der Waals surface area contributed by atoms with Crippen molar-refractivity contribution in [3.8, 4) is 11.5 Å². The van der Waals surface area contributed by atoms with Gasteiger partial charge in [-0.3, -0.25) is 0 Å². The fraction of sp³-hybridized carbons (Fsp3) is 0.625. The molecule has 4 atom stereocenters. The van der Waals surface area contributed by atoms with E-state index in [0.717, 1.165) is 11.3 Å². The summed E-state index contributed by atoms with van der Waals surface area (Å²) >= 11 is 0. The second-order valence-corrected chi connectivity index (χ2v) is 6.98. The number of phenolic OH excluding ortho intramolecular Hbond substituents is 1. The van der Waals surface area contributed by atoms with Crippen LogP contribution in [0.3, 0.4) is 0 Å². The molecule has 0 aromatic heterocycles. The number of aromatic hydroxyl groups is 1. The maximum absolute atomic E-state index is 10.3. The van der Waals surface area contributed by atoms with Gasteiger partial charge < -0.3 is 9.84 Å². The lowest BCUT2D eigenvalue weighted by Gasteiger charge is -2.48. The molecule has 2 fully saturated rings. The number of benzene rings is 1. The number of phenols is 1. The molecule has 1 aromatic carbocycles. The Morgan fingerprint density at radius 2 is 2.06 bits per heavy atom. The van der Waals surface area contributed by atoms with Crippen molar-refractivity contribution in [2.45, 2.75) is 51.0 Å². The van der Waals surface area contributed by atoms with Crippen molar-refractivity contribution in [3.05, 3.63) is 23.8 Å². The van der Waals surface area contributed by atoms with Crippen LogP contribution in [0.15, 0.2) is 18.2 Å². The van der Waals surface area contributed by atoms with Gasteiger partial charge in [-0.1, -0.05) is 19.9 Å². The first-order valence-electron chi connectivity index (χ1n) is 6.94. The van der Waals surface area contributed by atoms with Gasteiger partial charge in [0.15, 0.2) is 0 Å². The molecule has 3 aliphatic rings. The van der Waals surface area contributed by atoms with Gasteiger partial charge in [-0.05, 0) is 49.7 Å². The van der Waals surface area contributed by atoms with E-state index < -0.39 is 0 Å². The molecule has 0 unspecified atom stereocenters. The first-order chi connectivity index (χ1) is 8.42. The topological polar surface area (TPSA) is 29.5 Å².